The molecule has 1 atom stereocenters. The molecule has 0 amide bonds. The van der Waals surface area contributed by atoms with Crippen LogP contribution in [0.15, 0.2) is 30.3 Å². The van der Waals surface area contributed by atoms with E-state index in [4.69, 9.17) is 0 Å². The van der Waals surface area contributed by atoms with Crippen molar-refractivity contribution in [3.05, 3.63) is 69.3 Å². The zero-order valence-corrected chi connectivity index (χ0v) is 14.2. The summed E-state index contributed by atoms with van der Waals surface area (Å²) in [7, 11) is 2.07. The number of hydrogen-bond donors (Lipinski definition) is 1. The van der Waals surface area contributed by atoms with Crippen LogP contribution in [0.2, 0.25) is 0 Å². The van der Waals surface area contributed by atoms with Gasteiger partial charge in [0.05, 0.1) is 0 Å². The first kappa shape index (κ1) is 15.8. The van der Waals surface area contributed by atoms with Gasteiger partial charge in [0.1, 0.15) is 0 Å². The van der Waals surface area contributed by atoms with Gasteiger partial charge in [-0.3, -0.25) is 0 Å². The molecule has 0 aliphatic rings. The van der Waals surface area contributed by atoms with Crippen LogP contribution < -0.4 is 5.32 Å². The molecule has 0 saturated heterocycles. The Kier molecular flexibility index (Phi) is 4.84. The maximum atomic E-state index is 3.53. The van der Waals surface area contributed by atoms with Crippen LogP contribution in [0, 0.1) is 34.6 Å². The van der Waals surface area contributed by atoms with Crippen molar-refractivity contribution >= 4 is 0 Å². The Labute approximate surface area is 129 Å². The molecule has 0 aliphatic heterocycles. The highest BCUT2D eigenvalue weighted by molar-refractivity contribution is 5.46. The molecule has 0 heterocycles. The van der Waals surface area contributed by atoms with Crippen LogP contribution >= 0.6 is 0 Å². The van der Waals surface area contributed by atoms with Gasteiger partial charge < -0.3 is 5.32 Å². The number of aryl methyl sites for hydroxylation is 3. The maximum absolute atomic E-state index is 3.53. The minimum Gasteiger partial charge on any atom is -0.313 e. The Morgan fingerprint density at radius 3 is 1.95 bits per heavy atom. The van der Waals surface area contributed by atoms with Gasteiger partial charge in [0.15, 0.2) is 0 Å². The molecule has 0 spiro atoms. The van der Waals surface area contributed by atoms with Crippen molar-refractivity contribution in [2.75, 3.05) is 7.05 Å². The van der Waals surface area contributed by atoms with Crippen LogP contribution in [0.5, 0.6) is 0 Å². The fraction of sp³-hybridized carbons (Fsp3) is 0.400. The highest BCUT2D eigenvalue weighted by Gasteiger charge is 2.18. The van der Waals surface area contributed by atoms with Gasteiger partial charge in [0.25, 0.3) is 0 Å². The second-order valence-corrected chi connectivity index (χ2v) is 6.15. The second-order valence-electron chi connectivity index (χ2n) is 6.15. The lowest BCUT2D eigenvalue weighted by Crippen LogP contribution is -2.22. The quantitative estimate of drug-likeness (QED) is 0.854. The molecule has 0 radical (unpaired) electrons. The minimum absolute atomic E-state index is 0.365. The van der Waals surface area contributed by atoms with Crippen LogP contribution in [-0.4, -0.2) is 7.05 Å². The van der Waals surface area contributed by atoms with Gasteiger partial charge in [-0.1, -0.05) is 30.3 Å². The highest BCUT2D eigenvalue weighted by atomic mass is 14.9. The van der Waals surface area contributed by atoms with Gasteiger partial charge in [0.2, 0.25) is 0 Å². The molecule has 2 rings (SSSR count). The first-order valence-corrected chi connectivity index (χ1v) is 7.74. The second kappa shape index (κ2) is 6.44. The van der Waals surface area contributed by atoms with Gasteiger partial charge in [-0.25, -0.2) is 0 Å². The Morgan fingerprint density at radius 2 is 1.43 bits per heavy atom. The normalized spacial score (nSPS) is 12.5. The summed E-state index contributed by atoms with van der Waals surface area (Å²) in [5.41, 5.74) is 9.89. The molecule has 1 N–H and O–H groups in total. The van der Waals surface area contributed by atoms with E-state index in [1.165, 1.54) is 38.9 Å². The van der Waals surface area contributed by atoms with Crippen molar-refractivity contribution in [2.24, 2.45) is 0 Å². The summed E-state index contributed by atoms with van der Waals surface area (Å²) in [6.45, 7) is 11.1. The van der Waals surface area contributed by atoms with Crippen LogP contribution in [0.3, 0.4) is 0 Å². The molecular weight excluding hydrogens is 254 g/mol. The summed E-state index contributed by atoms with van der Waals surface area (Å²) in [5, 5.41) is 3.53. The van der Waals surface area contributed by atoms with E-state index in [9.17, 15) is 0 Å². The monoisotopic (exact) mass is 281 g/mol. The van der Waals surface area contributed by atoms with E-state index >= 15 is 0 Å². The third-order valence-electron chi connectivity index (χ3n) is 4.81. The molecule has 0 aromatic heterocycles. The molecule has 1 nitrogen and oxygen atoms in total. The number of rotatable bonds is 4. The van der Waals surface area contributed by atoms with E-state index in [2.05, 4.69) is 77.3 Å². The summed E-state index contributed by atoms with van der Waals surface area (Å²) >= 11 is 0. The van der Waals surface area contributed by atoms with Crippen molar-refractivity contribution in [1.29, 1.82) is 0 Å². The molecule has 0 fully saturated rings. The zero-order chi connectivity index (χ0) is 15.6. The number of hydrogen-bond acceptors (Lipinski definition) is 1. The molecule has 2 aromatic carbocycles. The Balaban J connectivity index is 2.46. The summed E-state index contributed by atoms with van der Waals surface area (Å²) < 4.78 is 0. The third-order valence-corrected chi connectivity index (χ3v) is 4.81. The summed E-state index contributed by atoms with van der Waals surface area (Å²) in [5.74, 6) is 0. The van der Waals surface area contributed by atoms with Crippen LogP contribution in [0.1, 0.15) is 45.0 Å². The van der Waals surface area contributed by atoms with Gasteiger partial charge in [-0.2, -0.15) is 0 Å². The van der Waals surface area contributed by atoms with Gasteiger partial charge in [-0.15, -0.1) is 0 Å². The molecule has 0 saturated carbocycles. The Morgan fingerprint density at radius 1 is 0.857 bits per heavy atom. The van der Waals surface area contributed by atoms with Crippen LogP contribution in [0.4, 0.5) is 0 Å². The van der Waals surface area contributed by atoms with Crippen molar-refractivity contribution in [2.45, 2.75) is 47.1 Å². The van der Waals surface area contributed by atoms with Crippen molar-refractivity contribution in [3.63, 3.8) is 0 Å². The van der Waals surface area contributed by atoms with E-state index in [1.54, 1.807) is 0 Å². The van der Waals surface area contributed by atoms with Gasteiger partial charge in [-0.05, 0) is 87.0 Å². The molecule has 1 heteroatoms. The number of benzene rings is 2. The van der Waals surface area contributed by atoms with E-state index in [1.807, 2.05) is 0 Å². The van der Waals surface area contributed by atoms with Crippen molar-refractivity contribution < 1.29 is 0 Å². The van der Waals surface area contributed by atoms with Crippen LogP contribution in [-0.2, 0) is 6.42 Å². The lowest BCUT2D eigenvalue weighted by atomic mass is 9.86. The topological polar surface area (TPSA) is 12.0 Å². The fourth-order valence-electron chi connectivity index (χ4n) is 3.18. The van der Waals surface area contributed by atoms with Crippen molar-refractivity contribution in [3.8, 4) is 0 Å². The highest BCUT2D eigenvalue weighted by Crippen LogP contribution is 2.29. The first-order valence-electron chi connectivity index (χ1n) is 7.74. The zero-order valence-electron chi connectivity index (χ0n) is 14.2. The molecule has 1 unspecified atom stereocenters. The SMILES string of the molecule is CNC(Cc1ccccc1C)c1c(C)c(C)cc(C)c1C. The Hall–Kier alpha value is -1.60. The molecule has 0 aliphatic carbocycles. The molecule has 21 heavy (non-hydrogen) atoms. The van der Waals surface area contributed by atoms with Gasteiger partial charge >= 0.3 is 0 Å². The summed E-state index contributed by atoms with van der Waals surface area (Å²) in [6.07, 6.45) is 1.04. The average Bonchev–Trinajstić information content (AvgIpc) is 2.46. The lowest BCUT2D eigenvalue weighted by molar-refractivity contribution is 0.583. The van der Waals surface area contributed by atoms with E-state index in [-0.39, 0.29) is 0 Å². The van der Waals surface area contributed by atoms with E-state index in [0.717, 1.165) is 6.42 Å². The molecule has 112 valence electrons. The standard InChI is InChI=1S/C20H27N/c1-13-9-7-8-10-18(13)12-19(21-6)20-16(4)14(2)11-15(3)17(20)5/h7-11,19,21H,12H2,1-6H3. The largest absolute Gasteiger partial charge is 0.313 e. The first-order chi connectivity index (χ1) is 9.95. The molecule has 0 bridgehead atoms. The van der Waals surface area contributed by atoms with E-state index < -0.39 is 0 Å². The lowest BCUT2D eigenvalue weighted by Gasteiger charge is -2.24. The average molecular weight is 281 g/mol. The predicted molar refractivity (Wildman–Crippen MR) is 92.1 cm³/mol. The molecular formula is C20H27N. The number of nitrogens with one attached hydrogen (secondary N) is 1. The predicted octanol–water partition coefficient (Wildman–Crippen LogP) is 4.73. The third kappa shape index (κ3) is 3.19. The van der Waals surface area contributed by atoms with Crippen molar-refractivity contribution in [1.82, 2.24) is 5.32 Å². The number of likely N-dealkylation sites (N-methyl/N-ethyl adjacent to an activating group) is 1. The summed E-state index contributed by atoms with van der Waals surface area (Å²) in [4.78, 5) is 0. The smallest absolute Gasteiger partial charge is 0.0363 e. The van der Waals surface area contributed by atoms with E-state index in [0.29, 0.717) is 6.04 Å². The summed E-state index contributed by atoms with van der Waals surface area (Å²) in [6, 6.07) is 11.4. The Bertz CT molecular complexity index is 614. The minimum atomic E-state index is 0.365. The van der Waals surface area contributed by atoms with Crippen LogP contribution in [0.25, 0.3) is 0 Å². The maximum Gasteiger partial charge on any atom is 0.0363 e. The fourth-order valence-corrected chi connectivity index (χ4v) is 3.18. The van der Waals surface area contributed by atoms with Gasteiger partial charge in [0, 0.05) is 6.04 Å². The molecule has 2 aromatic rings.